The van der Waals surface area contributed by atoms with Crippen LogP contribution in [0.25, 0.3) is 0 Å². The SMILES string of the molecule is CC(=COCCOCCO)C(=O)OC(=O)C(C)(C)C. The summed E-state index contributed by atoms with van der Waals surface area (Å²) in [6.07, 6.45) is 1.22. The van der Waals surface area contributed by atoms with Crippen LogP contribution in [0.4, 0.5) is 0 Å². The van der Waals surface area contributed by atoms with Crippen LogP contribution in [-0.2, 0) is 23.8 Å². The van der Waals surface area contributed by atoms with E-state index in [0.29, 0.717) is 6.61 Å². The molecule has 0 amide bonds. The maximum absolute atomic E-state index is 11.5. The van der Waals surface area contributed by atoms with Gasteiger partial charge in [0.1, 0.15) is 6.61 Å². The predicted molar refractivity (Wildman–Crippen MR) is 68.2 cm³/mol. The Hall–Kier alpha value is -1.40. The highest BCUT2D eigenvalue weighted by atomic mass is 16.6. The molecule has 0 rings (SSSR count). The van der Waals surface area contributed by atoms with Gasteiger partial charge in [0, 0.05) is 0 Å². The molecule has 0 aliphatic heterocycles. The van der Waals surface area contributed by atoms with Crippen molar-refractivity contribution in [2.24, 2.45) is 5.41 Å². The number of ether oxygens (including phenoxy) is 3. The Balaban J connectivity index is 4.02. The largest absolute Gasteiger partial charge is 0.498 e. The first-order chi connectivity index (χ1) is 8.79. The fourth-order valence-corrected chi connectivity index (χ4v) is 0.823. The lowest BCUT2D eigenvalue weighted by atomic mass is 9.97. The smallest absolute Gasteiger partial charge is 0.344 e. The molecule has 0 aromatic rings. The normalized spacial score (nSPS) is 12.2. The Morgan fingerprint density at radius 2 is 1.79 bits per heavy atom. The summed E-state index contributed by atoms with van der Waals surface area (Å²) in [4.78, 5) is 23.0. The summed E-state index contributed by atoms with van der Waals surface area (Å²) in [5.41, 5.74) is -0.533. The summed E-state index contributed by atoms with van der Waals surface area (Å²) in [5.74, 6) is -1.31. The van der Waals surface area contributed by atoms with Gasteiger partial charge in [-0.15, -0.1) is 0 Å². The molecular formula is C13H22O6. The monoisotopic (exact) mass is 274 g/mol. The third kappa shape index (κ3) is 8.34. The summed E-state index contributed by atoms with van der Waals surface area (Å²) in [5, 5.41) is 8.46. The lowest BCUT2D eigenvalue weighted by Crippen LogP contribution is -2.26. The highest BCUT2D eigenvalue weighted by molar-refractivity contribution is 5.96. The van der Waals surface area contributed by atoms with Gasteiger partial charge in [0.25, 0.3) is 0 Å². The molecule has 0 radical (unpaired) electrons. The van der Waals surface area contributed by atoms with E-state index in [4.69, 9.17) is 14.6 Å². The molecular weight excluding hydrogens is 252 g/mol. The van der Waals surface area contributed by atoms with Crippen LogP contribution in [-0.4, -0.2) is 43.5 Å². The van der Waals surface area contributed by atoms with Crippen molar-refractivity contribution in [3.05, 3.63) is 11.8 Å². The molecule has 6 heteroatoms. The first kappa shape index (κ1) is 17.6. The van der Waals surface area contributed by atoms with Gasteiger partial charge in [-0.2, -0.15) is 0 Å². The maximum Gasteiger partial charge on any atom is 0.344 e. The van der Waals surface area contributed by atoms with E-state index in [-0.39, 0.29) is 25.4 Å². The van der Waals surface area contributed by atoms with Gasteiger partial charge in [0.05, 0.1) is 37.1 Å². The van der Waals surface area contributed by atoms with Gasteiger partial charge in [-0.05, 0) is 27.7 Å². The van der Waals surface area contributed by atoms with E-state index in [1.165, 1.54) is 13.2 Å². The van der Waals surface area contributed by atoms with Crippen molar-refractivity contribution >= 4 is 11.9 Å². The van der Waals surface area contributed by atoms with Gasteiger partial charge in [0.15, 0.2) is 0 Å². The van der Waals surface area contributed by atoms with E-state index >= 15 is 0 Å². The highest BCUT2D eigenvalue weighted by Crippen LogP contribution is 2.16. The number of carbonyl (C=O) groups excluding carboxylic acids is 2. The standard InChI is InChI=1S/C13H22O6/c1-10(9-18-8-7-17-6-5-14)11(15)19-12(16)13(2,3)4/h9,14H,5-8H2,1-4H3. The number of hydrogen-bond donors (Lipinski definition) is 1. The zero-order chi connectivity index (χ0) is 14.9. The van der Waals surface area contributed by atoms with E-state index in [1.807, 2.05) is 0 Å². The van der Waals surface area contributed by atoms with Gasteiger partial charge < -0.3 is 19.3 Å². The van der Waals surface area contributed by atoms with Crippen LogP contribution in [0.1, 0.15) is 27.7 Å². The number of esters is 2. The van der Waals surface area contributed by atoms with Gasteiger partial charge in [-0.1, -0.05) is 0 Å². The first-order valence-electron chi connectivity index (χ1n) is 6.02. The number of carbonyl (C=O) groups is 2. The van der Waals surface area contributed by atoms with Crippen molar-refractivity contribution in [1.82, 2.24) is 0 Å². The molecule has 0 spiro atoms. The fraction of sp³-hybridized carbons (Fsp3) is 0.692. The summed E-state index contributed by atoms with van der Waals surface area (Å²) < 4.78 is 14.7. The summed E-state index contributed by atoms with van der Waals surface area (Å²) in [6, 6.07) is 0. The molecule has 0 atom stereocenters. The van der Waals surface area contributed by atoms with Crippen molar-refractivity contribution in [2.45, 2.75) is 27.7 Å². The zero-order valence-corrected chi connectivity index (χ0v) is 11.9. The molecule has 0 saturated heterocycles. The zero-order valence-electron chi connectivity index (χ0n) is 11.9. The lowest BCUT2D eigenvalue weighted by Gasteiger charge is -2.15. The van der Waals surface area contributed by atoms with Crippen LogP contribution < -0.4 is 0 Å². The Bertz CT molecular complexity index is 327. The Morgan fingerprint density at radius 3 is 2.32 bits per heavy atom. The van der Waals surface area contributed by atoms with Gasteiger partial charge in [-0.3, -0.25) is 4.79 Å². The average Bonchev–Trinajstić information content (AvgIpc) is 2.31. The minimum absolute atomic E-state index is 0.0455. The number of aliphatic hydroxyl groups excluding tert-OH is 1. The minimum atomic E-state index is -0.727. The van der Waals surface area contributed by atoms with Crippen LogP contribution in [0, 0.1) is 5.41 Å². The number of hydrogen-bond acceptors (Lipinski definition) is 6. The average molecular weight is 274 g/mol. The first-order valence-corrected chi connectivity index (χ1v) is 6.02. The van der Waals surface area contributed by atoms with Crippen LogP contribution in [0.2, 0.25) is 0 Å². The Morgan fingerprint density at radius 1 is 1.16 bits per heavy atom. The second-order valence-electron chi connectivity index (χ2n) is 4.93. The summed E-state index contributed by atoms with van der Waals surface area (Å²) >= 11 is 0. The molecule has 0 aliphatic carbocycles. The molecule has 0 bridgehead atoms. The minimum Gasteiger partial charge on any atom is -0.498 e. The summed E-state index contributed by atoms with van der Waals surface area (Å²) in [6.45, 7) is 7.24. The molecule has 0 unspecified atom stereocenters. The van der Waals surface area contributed by atoms with Gasteiger partial charge in [0.2, 0.25) is 0 Å². The second kappa shape index (κ2) is 8.66. The van der Waals surface area contributed by atoms with Crippen molar-refractivity contribution in [2.75, 3.05) is 26.4 Å². The fourth-order valence-electron chi connectivity index (χ4n) is 0.823. The van der Waals surface area contributed by atoms with Crippen molar-refractivity contribution < 1.29 is 28.9 Å². The lowest BCUT2D eigenvalue weighted by molar-refractivity contribution is -0.163. The number of aliphatic hydroxyl groups is 1. The van der Waals surface area contributed by atoms with Crippen LogP contribution in [0.3, 0.4) is 0 Å². The maximum atomic E-state index is 11.5. The molecule has 0 aromatic carbocycles. The third-order valence-corrected chi connectivity index (χ3v) is 1.96. The second-order valence-corrected chi connectivity index (χ2v) is 4.93. The van der Waals surface area contributed by atoms with Crippen molar-refractivity contribution in [1.29, 1.82) is 0 Å². The predicted octanol–water partition coefficient (Wildman–Crippen LogP) is 1.03. The highest BCUT2D eigenvalue weighted by Gasteiger charge is 2.26. The van der Waals surface area contributed by atoms with E-state index in [1.54, 1.807) is 20.8 Å². The topological polar surface area (TPSA) is 82.1 Å². The molecule has 1 N–H and O–H groups in total. The Kier molecular flexibility index (Phi) is 8.02. The van der Waals surface area contributed by atoms with E-state index in [2.05, 4.69) is 4.74 Å². The summed E-state index contributed by atoms with van der Waals surface area (Å²) in [7, 11) is 0. The van der Waals surface area contributed by atoms with Crippen molar-refractivity contribution in [3.63, 3.8) is 0 Å². The quantitative estimate of drug-likeness (QED) is 0.245. The van der Waals surface area contributed by atoms with Crippen LogP contribution >= 0.6 is 0 Å². The van der Waals surface area contributed by atoms with Crippen LogP contribution in [0.5, 0.6) is 0 Å². The van der Waals surface area contributed by atoms with E-state index < -0.39 is 17.4 Å². The van der Waals surface area contributed by atoms with Crippen molar-refractivity contribution in [3.8, 4) is 0 Å². The molecule has 110 valence electrons. The van der Waals surface area contributed by atoms with Crippen LogP contribution in [0.15, 0.2) is 11.8 Å². The molecule has 19 heavy (non-hydrogen) atoms. The molecule has 0 aromatic heterocycles. The Labute approximate surface area is 113 Å². The van der Waals surface area contributed by atoms with Gasteiger partial charge in [-0.25, -0.2) is 4.79 Å². The van der Waals surface area contributed by atoms with E-state index in [9.17, 15) is 9.59 Å². The molecule has 0 fully saturated rings. The molecule has 6 nitrogen and oxygen atoms in total. The molecule has 0 saturated carbocycles. The third-order valence-electron chi connectivity index (χ3n) is 1.96. The van der Waals surface area contributed by atoms with E-state index in [0.717, 1.165) is 0 Å². The number of rotatable bonds is 7. The van der Waals surface area contributed by atoms with Gasteiger partial charge >= 0.3 is 11.9 Å². The molecule has 0 heterocycles. The molecule has 0 aliphatic rings.